The van der Waals surface area contributed by atoms with Crippen molar-refractivity contribution in [3.63, 3.8) is 0 Å². The first-order valence-corrected chi connectivity index (χ1v) is 5.29. The number of nitrogens with zero attached hydrogens (tertiary/aromatic N) is 2. The third-order valence-corrected chi connectivity index (χ3v) is 1.83. The second-order valence-corrected chi connectivity index (χ2v) is 4.09. The van der Waals surface area contributed by atoms with Crippen LogP contribution in [0, 0.1) is 10.1 Å². The highest BCUT2D eigenvalue weighted by Gasteiger charge is 2.18. The number of nitrogens with one attached hydrogen (secondary N) is 1. The lowest BCUT2D eigenvalue weighted by Crippen LogP contribution is -2.14. The van der Waals surface area contributed by atoms with E-state index in [0.717, 1.165) is 0 Å². The summed E-state index contributed by atoms with van der Waals surface area (Å²) in [4.78, 5) is 13.4. The van der Waals surface area contributed by atoms with Gasteiger partial charge in [-0.2, -0.15) is 0 Å². The Kier molecular flexibility index (Phi) is 2.80. The first-order valence-electron chi connectivity index (χ1n) is 3.45. The number of anilines is 1. The number of nitro groups is 1. The zero-order valence-corrected chi connectivity index (χ0v) is 7.85. The van der Waals surface area contributed by atoms with Crippen LogP contribution < -0.4 is 16.1 Å². The fourth-order valence-corrected chi connectivity index (χ4v) is 1.30. The molecule has 0 spiro atoms. The smallest absolute Gasteiger partial charge is 0.292 e. The van der Waals surface area contributed by atoms with Crippen LogP contribution in [0.5, 0.6) is 0 Å². The Balaban J connectivity index is 3.08. The molecular weight excluding hydrogens is 209 g/mol. The minimum absolute atomic E-state index is 0.203. The molecule has 1 heterocycles. The van der Waals surface area contributed by atoms with Crippen LogP contribution in [0.25, 0.3) is 0 Å². The minimum Gasteiger partial charge on any atom is -0.292 e. The molecule has 0 aliphatic carbocycles. The second-order valence-electron chi connectivity index (χ2n) is 2.45. The predicted octanol–water partition coefficient (Wildman–Crippen LogP) is 0.427. The maximum Gasteiger partial charge on any atom is 0.311 e. The summed E-state index contributed by atoms with van der Waals surface area (Å²) in [7, 11) is -3.57. The SMILES string of the molecule is NP(N)(=O)Nc1ncccc1[N+](=O)[O-]. The highest BCUT2D eigenvalue weighted by Crippen LogP contribution is 2.31. The predicted molar refractivity (Wildman–Crippen MR) is 50.5 cm³/mol. The maximum absolute atomic E-state index is 10.9. The monoisotopic (exact) mass is 217 g/mol. The fraction of sp³-hybridized carbons (Fsp3) is 0. The van der Waals surface area contributed by atoms with Crippen molar-refractivity contribution < 1.29 is 9.49 Å². The van der Waals surface area contributed by atoms with Crippen molar-refractivity contribution in [1.82, 2.24) is 4.98 Å². The molecule has 0 fully saturated rings. The summed E-state index contributed by atoms with van der Waals surface area (Å²) in [6.45, 7) is 0. The van der Waals surface area contributed by atoms with E-state index in [0.29, 0.717) is 0 Å². The number of rotatable bonds is 3. The molecule has 0 unspecified atom stereocenters. The molecule has 9 heteroatoms. The zero-order valence-electron chi connectivity index (χ0n) is 6.95. The van der Waals surface area contributed by atoms with Crippen molar-refractivity contribution >= 4 is 19.1 Å². The quantitative estimate of drug-likeness (QED) is 0.379. The van der Waals surface area contributed by atoms with Crippen molar-refractivity contribution in [3.8, 4) is 0 Å². The lowest BCUT2D eigenvalue weighted by molar-refractivity contribution is -0.384. The van der Waals surface area contributed by atoms with Gasteiger partial charge in [-0.25, -0.2) is 4.98 Å². The van der Waals surface area contributed by atoms with Gasteiger partial charge in [0.05, 0.1) is 4.92 Å². The van der Waals surface area contributed by atoms with Gasteiger partial charge in [-0.1, -0.05) is 0 Å². The zero-order chi connectivity index (χ0) is 10.8. The lowest BCUT2D eigenvalue weighted by Gasteiger charge is -2.08. The summed E-state index contributed by atoms with van der Waals surface area (Å²) >= 11 is 0. The molecule has 0 saturated carbocycles. The third-order valence-electron chi connectivity index (χ3n) is 1.26. The van der Waals surface area contributed by atoms with E-state index in [4.69, 9.17) is 11.0 Å². The van der Waals surface area contributed by atoms with Crippen molar-refractivity contribution in [3.05, 3.63) is 28.4 Å². The standard InChI is InChI=1S/C5H8N5O3P/c6-14(7,13)9-5-4(10(11)12)2-1-3-8-5/h1-3H,(H5,6,7,8,9,13). The van der Waals surface area contributed by atoms with E-state index in [1.54, 1.807) is 0 Å². The number of pyridine rings is 1. The van der Waals surface area contributed by atoms with Gasteiger partial charge in [0.1, 0.15) is 0 Å². The van der Waals surface area contributed by atoms with Crippen molar-refractivity contribution in [2.45, 2.75) is 0 Å². The molecule has 1 rings (SSSR count). The number of nitrogens with two attached hydrogens (primary N) is 2. The van der Waals surface area contributed by atoms with Gasteiger partial charge in [-0.15, -0.1) is 0 Å². The highest BCUT2D eigenvalue weighted by molar-refractivity contribution is 7.60. The van der Waals surface area contributed by atoms with Gasteiger partial charge in [0.25, 0.3) is 7.59 Å². The summed E-state index contributed by atoms with van der Waals surface area (Å²) in [5, 5.41) is 12.6. The van der Waals surface area contributed by atoms with Gasteiger partial charge < -0.3 is 0 Å². The van der Waals surface area contributed by atoms with Crippen LogP contribution in [0.4, 0.5) is 11.5 Å². The van der Waals surface area contributed by atoms with Crippen LogP contribution in [0.3, 0.4) is 0 Å². The van der Waals surface area contributed by atoms with Gasteiger partial charge in [-0.05, 0) is 6.07 Å². The molecule has 0 aromatic carbocycles. The molecule has 1 aromatic heterocycles. The largest absolute Gasteiger partial charge is 0.311 e. The van der Waals surface area contributed by atoms with E-state index in [9.17, 15) is 14.7 Å². The highest BCUT2D eigenvalue weighted by atomic mass is 31.2. The Bertz CT molecular complexity index is 402. The molecule has 8 nitrogen and oxygen atoms in total. The molecule has 0 amide bonds. The van der Waals surface area contributed by atoms with E-state index in [1.807, 2.05) is 0 Å². The Labute approximate surface area is 79.0 Å². The van der Waals surface area contributed by atoms with Crippen molar-refractivity contribution in [2.24, 2.45) is 11.0 Å². The van der Waals surface area contributed by atoms with Crippen LogP contribution in [0.1, 0.15) is 0 Å². The van der Waals surface area contributed by atoms with Crippen LogP contribution in [-0.4, -0.2) is 9.91 Å². The summed E-state index contributed by atoms with van der Waals surface area (Å²) < 4.78 is 10.9. The lowest BCUT2D eigenvalue weighted by atomic mass is 10.4. The van der Waals surface area contributed by atoms with Gasteiger partial charge in [0, 0.05) is 12.3 Å². The first-order chi connectivity index (χ1) is 6.40. The number of hydrogen-bond donors (Lipinski definition) is 3. The molecule has 0 bridgehead atoms. The van der Waals surface area contributed by atoms with E-state index in [2.05, 4.69) is 10.1 Å². The molecule has 5 N–H and O–H groups in total. The van der Waals surface area contributed by atoms with E-state index < -0.39 is 12.5 Å². The van der Waals surface area contributed by atoms with Crippen molar-refractivity contribution in [1.29, 1.82) is 0 Å². The van der Waals surface area contributed by atoms with Gasteiger partial charge in [0.15, 0.2) is 0 Å². The Morgan fingerprint density at radius 2 is 2.21 bits per heavy atom. The van der Waals surface area contributed by atoms with Gasteiger partial charge in [0.2, 0.25) is 5.82 Å². The number of aromatic nitrogens is 1. The normalized spacial score (nSPS) is 11.0. The van der Waals surface area contributed by atoms with E-state index in [-0.39, 0.29) is 11.5 Å². The van der Waals surface area contributed by atoms with Crippen LogP contribution in [-0.2, 0) is 4.57 Å². The molecule has 1 aromatic rings. The minimum atomic E-state index is -3.57. The molecule has 0 atom stereocenters. The maximum atomic E-state index is 10.9. The van der Waals surface area contributed by atoms with E-state index in [1.165, 1.54) is 18.3 Å². The summed E-state index contributed by atoms with van der Waals surface area (Å²) in [5.74, 6) is -0.203. The number of hydrogen-bond acceptors (Lipinski definition) is 4. The average molecular weight is 217 g/mol. The Morgan fingerprint density at radius 1 is 1.57 bits per heavy atom. The van der Waals surface area contributed by atoms with Crippen LogP contribution in [0.2, 0.25) is 0 Å². The topological polar surface area (TPSA) is 137 Å². The summed E-state index contributed by atoms with van der Waals surface area (Å²) in [6.07, 6.45) is 1.30. The van der Waals surface area contributed by atoms with Crippen LogP contribution >= 0.6 is 7.59 Å². The molecule has 0 radical (unpaired) electrons. The molecule has 14 heavy (non-hydrogen) atoms. The Hall–Kier alpha value is -1.50. The van der Waals surface area contributed by atoms with Crippen LogP contribution in [0.15, 0.2) is 18.3 Å². The molecular formula is C5H8N5O3P. The third kappa shape index (κ3) is 2.77. The summed E-state index contributed by atoms with van der Waals surface area (Å²) in [6, 6.07) is 2.58. The fourth-order valence-electron chi connectivity index (χ4n) is 0.796. The Morgan fingerprint density at radius 3 is 2.71 bits per heavy atom. The first kappa shape index (κ1) is 10.6. The van der Waals surface area contributed by atoms with E-state index >= 15 is 0 Å². The molecule has 76 valence electrons. The summed E-state index contributed by atoms with van der Waals surface area (Å²) in [5.41, 5.74) is 9.66. The molecule has 0 aliphatic heterocycles. The molecule has 0 saturated heterocycles. The second kappa shape index (κ2) is 3.70. The molecule has 0 aliphatic rings. The van der Waals surface area contributed by atoms with Crippen molar-refractivity contribution in [2.75, 3.05) is 5.09 Å². The van der Waals surface area contributed by atoms with Gasteiger partial charge in [-0.3, -0.25) is 30.8 Å². The average Bonchev–Trinajstić information content (AvgIpc) is 2.01. The van der Waals surface area contributed by atoms with Gasteiger partial charge >= 0.3 is 5.69 Å².